The third kappa shape index (κ3) is 3.69. The van der Waals surface area contributed by atoms with Crippen LogP contribution in [-0.2, 0) is 0 Å². The van der Waals surface area contributed by atoms with Crippen molar-refractivity contribution in [3.05, 3.63) is 67.8 Å². The monoisotopic (exact) mass is 347 g/mol. The molecule has 2 rings (SSSR count). The molecule has 0 aliphatic carbocycles. The van der Waals surface area contributed by atoms with E-state index in [0.717, 1.165) is 17.0 Å². The second-order valence-corrected chi connectivity index (χ2v) is 5.72. The van der Waals surface area contributed by atoms with Crippen LogP contribution in [0.1, 0.15) is 15.9 Å². The Balaban J connectivity index is 2.41. The number of nitro groups is 2. The highest BCUT2D eigenvalue weighted by Crippen LogP contribution is 2.30. The fraction of sp³-hybridized carbons (Fsp3) is 0.133. The van der Waals surface area contributed by atoms with Gasteiger partial charge in [-0.15, -0.1) is 11.8 Å². The molecule has 0 saturated heterocycles. The highest BCUT2D eigenvalue weighted by atomic mass is 32.2. The van der Waals surface area contributed by atoms with E-state index in [2.05, 4.69) is 5.32 Å². The smallest absolute Gasteiger partial charge is 0.279 e. The van der Waals surface area contributed by atoms with Gasteiger partial charge in [0, 0.05) is 22.7 Å². The van der Waals surface area contributed by atoms with Gasteiger partial charge >= 0.3 is 0 Å². The van der Waals surface area contributed by atoms with Gasteiger partial charge < -0.3 is 5.32 Å². The highest BCUT2D eigenvalue weighted by molar-refractivity contribution is 7.98. The molecule has 1 amide bonds. The lowest BCUT2D eigenvalue weighted by molar-refractivity contribution is -0.395. The molecule has 0 spiro atoms. The molecule has 124 valence electrons. The average Bonchev–Trinajstić information content (AvgIpc) is 2.54. The molecule has 0 aromatic heterocycles. The van der Waals surface area contributed by atoms with Gasteiger partial charge in [0.05, 0.1) is 15.4 Å². The summed E-state index contributed by atoms with van der Waals surface area (Å²) in [7, 11) is 0. The number of benzene rings is 2. The SMILES string of the molecule is CSc1cccc(NC(=O)c2cc([N+](=O)[O-])c(C)c([N+](=O)[O-])c2)c1. The number of rotatable bonds is 5. The van der Waals surface area contributed by atoms with Crippen LogP contribution < -0.4 is 5.32 Å². The predicted molar refractivity (Wildman–Crippen MR) is 90.7 cm³/mol. The molecule has 9 heteroatoms. The van der Waals surface area contributed by atoms with E-state index in [1.165, 1.54) is 18.7 Å². The van der Waals surface area contributed by atoms with E-state index in [9.17, 15) is 25.0 Å². The van der Waals surface area contributed by atoms with Crippen molar-refractivity contribution in [1.29, 1.82) is 0 Å². The minimum Gasteiger partial charge on any atom is -0.322 e. The normalized spacial score (nSPS) is 10.2. The second-order valence-electron chi connectivity index (χ2n) is 4.84. The summed E-state index contributed by atoms with van der Waals surface area (Å²) >= 11 is 1.49. The van der Waals surface area contributed by atoms with Crippen molar-refractivity contribution in [2.45, 2.75) is 11.8 Å². The van der Waals surface area contributed by atoms with Crippen molar-refractivity contribution < 1.29 is 14.6 Å². The van der Waals surface area contributed by atoms with Crippen molar-refractivity contribution in [3.8, 4) is 0 Å². The molecule has 0 atom stereocenters. The number of carbonyl (C=O) groups excluding carboxylic acids is 1. The summed E-state index contributed by atoms with van der Waals surface area (Å²) < 4.78 is 0. The lowest BCUT2D eigenvalue weighted by Gasteiger charge is -2.07. The van der Waals surface area contributed by atoms with Gasteiger partial charge in [0.15, 0.2) is 0 Å². The molecule has 0 bridgehead atoms. The van der Waals surface area contributed by atoms with Crippen LogP contribution in [0.15, 0.2) is 41.3 Å². The van der Waals surface area contributed by atoms with Gasteiger partial charge in [-0.2, -0.15) is 0 Å². The first-order valence-electron chi connectivity index (χ1n) is 6.72. The van der Waals surface area contributed by atoms with Gasteiger partial charge in [-0.05, 0) is 31.4 Å². The quantitative estimate of drug-likeness (QED) is 0.500. The maximum Gasteiger partial charge on any atom is 0.279 e. The fourth-order valence-corrected chi connectivity index (χ4v) is 2.56. The van der Waals surface area contributed by atoms with Crippen LogP contribution in [0.2, 0.25) is 0 Å². The lowest BCUT2D eigenvalue weighted by Crippen LogP contribution is -2.13. The third-order valence-electron chi connectivity index (χ3n) is 3.34. The van der Waals surface area contributed by atoms with E-state index in [-0.39, 0.29) is 11.1 Å². The van der Waals surface area contributed by atoms with Gasteiger partial charge in [0.2, 0.25) is 0 Å². The molecule has 0 heterocycles. The minimum absolute atomic E-state index is 0.0917. The Morgan fingerprint density at radius 3 is 2.17 bits per heavy atom. The number of carbonyl (C=O) groups is 1. The zero-order valence-electron chi connectivity index (χ0n) is 12.8. The summed E-state index contributed by atoms with van der Waals surface area (Å²) in [6, 6.07) is 9.09. The van der Waals surface area contributed by atoms with Crippen LogP contribution >= 0.6 is 11.8 Å². The molecule has 8 nitrogen and oxygen atoms in total. The van der Waals surface area contributed by atoms with Crippen molar-refractivity contribution >= 4 is 34.7 Å². The molecule has 0 saturated carbocycles. The molecule has 2 aromatic rings. The topological polar surface area (TPSA) is 115 Å². The maximum absolute atomic E-state index is 12.3. The van der Waals surface area contributed by atoms with Gasteiger partial charge in [-0.3, -0.25) is 25.0 Å². The molecular weight excluding hydrogens is 334 g/mol. The Morgan fingerprint density at radius 1 is 1.08 bits per heavy atom. The standard InChI is InChI=1S/C15H13N3O5S/c1-9-13(17(20)21)6-10(7-14(9)18(22)23)15(19)16-11-4-3-5-12(8-11)24-2/h3-8H,1-2H3,(H,16,19). The molecular formula is C15H13N3O5S. The average molecular weight is 347 g/mol. The molecule has 0 aliphatic heterocycles. The van der Waals surface area contributed by atoms with E-state index >= 15 is 0 Å². The summed E-state index contributed by atoms with van der Waals surface area (Å²) in [4.78, 5) is 33.9. The molecule has 0 radical (unpaired) electrons. The summed E-state index contributed by atoms with van der Waals surface area (Å²) in [5.74, 6) is -0.653. The Morgan fingerprint density at radius 2 is 1.67 bits per heavy atom. The summed E-state index contributed by atoms with van der Waals surface area (Å²) in [6.45, 7) is 1.28. The van der Waals surface area contributed by atoms with Crippen LogP contribution in [0.3, 0.4) is 0 Å². The van der Waals surface area contributed by atoms with Crippen LogP contribution in [0.4, 0.5) is 17.1 Å². The van der Waals surface area contributed by atoms with Gasteiger partial charge in [-0.25, -0.2) is 0 Å². The first-order valence-corrected chi connectivity index (χ1v) is 7.94. The summed E-state index contributed by atoms with van der Waals surface area (Å²) in [6.07, 6.45) is 1.88. The minimum atomic E-state index is -0.743. The number of hydrogen-bond donors (Lipinski definition) is 1. The summed E-state index contributed by atoms with van der Waals surface area (Å²) in [5.41, 5.74) is -0.670. The molecule has 0 unspecified atom stereocenters. The maximum atomic E-state index is 12.3. The molecule has 2 aromatic carbocycles. The highest BCUT2D eigenvalue weighted by Gasteiger charge is 2.25. The molecule has 0 fully saturated rings. The number of nitrogens with zero attached hydrogens (tertiary/aromatic N) is 2. The first-order chi connectivity index (χ1) is 11.3. The van der Waals surface area contributed by atoms with E-state index in [4.69, 9.17) is 0 Å². The number of anilines is 1. The number of nitrogens with one attached hydrogen (secondary N) is 1. The number of nitro benzene ring substituents is 2. The van der Waals surface area contributed by atoms with Crippen molar-refractivity contribution in [2.75, 3.05) is 11.6 Å². The molecule has 0 aliphatic rings. The van der Waals surface area contributed by atoms with Crippen LogP contribution in [0.25, 0.3) is 0 Å². The Kier molecular flexibility index (Phi) is 5.14. The zero-order valence-corrected chi connectivity index (χ0v) is 13.6. The summed E-state index contributed by atoms with van der Waals surface area (Å²) in [5, 5.41) is 24.7. The van der Waals surface area contributed by atoms with Crippen molar-refractivity contribution in [1.82, 2.24) is 0 Å². The molecule has 1 N–H and O–H groups in total. The number of thioether (sulfide) groups is 1. The van der Waals surface area contributed by atoms with Gasteiger partial charge in [0.25, 0.3) is 17.3 Å². The third-order valence-corrected chi connectivity index (χ3v) is 4.06. The van der Waals surface area contributed by atoms with Gasteiger partial charge in [0.1, 0.15) is 5.56 Å². The van der Waals surface area contributed by atoms with Crippen LogP contribution in [-0.4, -0.2) is 22.0 Å². The second kappa shape index (κ2) is 7.09. The fourth-order valence-electron chi connectivity index (χ4n) is 2.10. The van der Waals surface area contributed by atoms with E-state index < -0.39 is 27.1 Å². The van der Waals surface area contributed by atoms with E-state index in [1.807, 2.05) is 12.3 Å². The Hall–Kier alpha value is -2.94. The predicted octanol–water partition coefficient (Wildman–Crippen LogP) is 3.79. The van der Waals surface area contributed by atoms with Crippen LogP contribution in [0.5, 0.6) is 0 Å². The first kappa shape index (κ1) is 17.4. The zero-order chi connectivity index (χ0) is 17.9. The Labute approximate surface area is 141 Å². The van der Waals surface area contributed by atoms with Crippen molar-refractivity contribution in [3.63, 3.8) is 0 Å². The number of amides is 1. The molecule has 24 heavy (non-hydrogen) atoms. The van der Waals surface area contributed by atoms with E-state index in [0.29, 0.717) is 5.69 Å². The number of hydrogen-bond acceptors (Lipinski definition) is 6. The van der Waals surface area contributed by atoms with Gasteiger partial charge in [-0.1, -0.05) is 6.07 Å². The largest absolute Gasteiger partial charge is 0.322 e. The van der Waals surface area contributed by atoms with E-state index in [1.54, 1.807) is 18.2 Å². The Bertz CT molecular complexity index is 803. The van der Waals surface area contributed by atoms with Crippen LogP contribution in [0, 0.1) is 27.2 Å². The lowest BCUT2D eigenvalue weighted by atomic mass is 10.1. The van der Waals surface area contributed by atoms with Crippen molar-refractivity contribution in [2.24, 2.45) is 0 Å².